The quantitative estimate of drug-likeness (QED) is 0.778. The van der Waals surface area contributed by atoms with E-state index in [2.05, 4.69) is 17.4 Å². The van der Waals surface area contributed by atoms with Gasteiger partial charge in [-0.05, 0) is 88.0 Å². The number of carbonyl (C=O) groups excluding carboxylic acids is 2. The van der Waals surface area contributed by atoms with E-state index in [9.17, 15) is 9.59 Å². The zero-order valence-corrected chi connectivity index (χ0v) is 18.8. The second kappa shape index (κ2) is 9.71. The van der Waals surface area contributed by atoms with Crippen LogP contribution in [-0.4, -0.2) is 49.2 Å². The number of ether oxygens (including phenoxy) is 2. The highest BCUT2D eigenvalue weighted by molar-refractivity contribution is 5.77. The predicted octanol–water partition coefficient (Wildman–Crippen LogP) is 4.27. The lowest BCUT2D eigenvalue weighted by atomic mass is 9.80. The van der Waals surface area contributed by atoms with Crippen LogP contribution >= 0.6 is 0 Å². The van der Waals surface area contributed by atoms with Gasteiger partial charge in [0.2, 0.25) is 5.91 Å². The standard InChI is InChI=1S/C24H36N2O4/c1-24(2,3)30-23(28)25-16-17-10-12-26(13-11-17)22(27)15-19-7-5-6-18-14-20(29-4)8-9-21(18)19/h8-9,14,17,19H,5-7,10-13,15-16H2,1-4H3,(H,25,28). The van der Waals surface area contributed by atoms with Crippen LogP contribution in [0.2, 0.25) is 0 Å². The molecular weight excluding hydrogens is 380 g/mol. The second-order valence-electron chi connectivity index (χ2n) is 9.56. The Labute approximate surface area is 180 Å². The van der Waals surface area contributed by atoms with E-state index in [4.69, 9.17) is 9.47 Å². The Bertz CT molecular complexity index is 748. The molecule has 6 heteroatoms. The Morgan fingerprint density at radius 2 is 1.90 bits per heavy atom. The minimum absolute atomic E-state index is 0.252. The molecule has 0 aromatic heterocycles. The zero-order chi connectivity index (χ0) is 21.7. The lowest BCUT2D eigenvalue weighted by Crippen LogP contribution is -2.42. The van der Waals surface area contributed by atoms with Gasteiger partial charge in [-0.2, -0.15) is 0 Å². The molecule has 1 unspecified atom stereocenters. The maximum absolute atomic E-state index is 12.9. The number of methoxy groups -OCH3 is 1. The first-order valence-corrected chi connectivity index (χ1v) is 11.2. The Hall–Kier alpha value is -2.24. The Morgan fingerprint density at radius 3 is 2.57 bits per heavy atom. The molecule has 3 rings (SSSR count). The number of likely N-dealkylation sites (tertiary alicyclic amines) is 1. The maximum atomic E-state index is 12.9. The summed E-state index contributed by atoms with van der Waals surface area (Å²) in [6, 6.07) is 6.26. The van der Waals surface area contributed by atoms with Crippen LogP contribution in [0.1, 0.15) is 69.9 Å². The van der Waals surface area contributed by atoms with E-state index in [0.717, 1.165) is 50.9 Å². The SMILES string of the molecule is COc1ccc2c(c1)CCCC2CC(=O)N1CCC(CNC(=O)OC(C)(C)C)CC1. The topological polar surface area (TPSA) is 67.9 Å². The molecule has 2 amide bonds. The van der Waals surface area contributed by atoms with Crippen LogP contribution in [-0.2, 0) is 16.0 Å². The van der Waals surface area contributed by atoms with Gasteiger partial charge < -0.3 is 19.7 Å². The van der Waals surface area contributed by atoms with Gasteiger partial charge in [-0.25, -0.2) is 4.79 Å². The van der Waals surface area contributed by atoms with Crippen molar-refractivity contribution < 1.29 is 19.1 Å². The number of hydrogen-bond donors (Lipinski definition) is 1. The minimum atomic E-state index is -0.483. The molecule has 1 saturated heterocycles. The number of aryl methyl sites for hydroxylation is 1. The molecule has 1 fully saturated rings. The van der Waals surface area contributed by atoms with Gasteiger partial charge >= 0.3 is 6.09 Å². The van der Waals surface area contributed by atoms with Gasteiger partial charge in [-0.15, -0.1) is 0 Å². The second-order valence-corrected chi connectivity index (χ2v) is 9.56. The van der Waals surface area contributed by atoms with Crippen molar-refractivity contribution in [3.8, 4) is 5.75 Å². The predicted molar refractivity (Wildman–Crippen MR) is 117 cm³/mol. The van der Waals surface area contributed by atoms with Crippen LogP contribution in [0.3, 0.4) is 0 Å². The van der Waals surface area contributed by atoms with Gasteiger partial charge in [0.25, 0.3) is 0 Å². The van der Waals surface area contributed by atoms with Crippen molar-refractivity contribution in [2.24, 2.45) is 5.92 Å². The van der Waals surface area contributed by atoms with Crippen molar-refractivity contribution in [3.63, 3.8) is 0 Å². The van der Waals surface area contributed by atoms with Crippen molar-refractivity contribution in [2.45, 2.75) is 70.8 Å². The fourth-order valence-electron chi connectivity index (χ4n) is 4.50. The number of nitrogens with one attached hydrogen (secondary N) is 1. The third-order valence-electron chi connectivity index (χ3n) is 6.11. The highest BCUT2D eigenvalue weighted by Gasteiger charge is 2.28. The average molecular weight is 417 g/mol. The largest absolute Gasteiger partial charge is 0.497 e. The molecule has 1 aromatic rings. The molecule has 166 valence electrons. The molecule has 1 aromatic carbocycles. The molecule has 0 saturated carbocycles. The number of piperidine rings is 1. The van der Waals surface area contributed by atoms with Crippen LogP contribution in [0.15, 0.2) is 18.2 Å². The normalized spacial score (nSPS) is 19.7. The maximum Gasteiger partial charge on any atom is 0.407 e. The lowest BCUT2D eigenvalue weighted by Gasteiger charge is -2.34. The number of amides is 2. The molecule has 2 aliphatic rings. The Morgan fingerprint density at radius 1 is 1.17 bits per heavy atom. The van der Waals surface area contributed by atoms with Crippen molar-refractivity contribution in [1.82, 2.24) is 10.2 Å². The summed E-state index contributed by atoms with van der Waals surface area (Å²) in [6.07, 6.45) is 5.30. The summed E-state index contributed by atoms with van der Waals surface area (Å²) >= 11 is 0. The number of benzene rings is 1. The molecule has 1 aliphatic heterocycles. The van der Waals surface area contributed by atoms with E-state index in [1.54, 1.807) is 7.11 Å². The average Bonchev–Trinajstić information content (AvgIpc) is 2.71. The molecule has 0 radical (unpaired) electrons. The fourth-order valence-corrected chi connectivity index (χ4v) is 4.50. The van der Waals surface area contributed by atoms with Crippen LogP contribution in [0, 0.1) is 5.92 Å². The Balaban J connectivity index is 1.46. The smallest absolute Gasteiger partial charge is 0.407 e. The fraction of sp³-hybridized carbons (Fsp3) is 0.667. The van der Waals surface area contributed by atoms with Crippen LogP contribution < -0.4 is 10.1 Å². The highest BCUT2D eigenvalue weighted by atomic mass is 16.6. The van der Waals surface area contributed by atoms with Gasteiger partial charge in [0.15, 0.2) is 0 Å². The third-order valence-corrected chi connectivity index (χ3v) is 6.11. The number of hydrogen-bond acceptors (Lipinski definition) is 4. The van der Waals surface area contributed by atoms with Crippen molar-refractivity contribution in [3.05, 3.63) is 29.3 Å². The van der Waals surface area contributed by atoms with Gasteiger partial charge in [0.05, 0.1) is 7.11 Å². The molecule has 6 nitrogen and oxygen atoms in total. The first kappa shape index (κ1) is 22.4. The molecule has 0 spiro atoms. The molecular formula is C24H36N2O4. The summed E-state index contributed by atoms with van der Waals surface area (Å²) in [5.74, 6) is 1.84. The first-order valence-electron chi connectivity index (χ1n) is 11.2. The Kier molecular flexibility index (Phi) is 7.27. The van der Waals surface area contributed by atoms with Crippen LogP contribution in [0.4, 0.5) is 4.79 Å². The van der Waals surface area contributed by atoms with E-state index in [-0.39, 0.29) is 12.0 Å². The third kappa shape index (κ3) is 6.13. The lowest BCUT2D eigenvalue weighted by molar-refractivity contribution is -0.133. The first-order chi connectivity index (χ1) is 14.2. The van der Waals surface area contributed by atoms with Gasteiger partial charge in [0.1, 0.15) is 11.4 Å². The summed E-state index contributed by atoms with van der Waals surface area (Å²) in [4.78, 5) is 26.8. The van der Waals surface area contributed by atoms with Crippen LogP contribution in [0.25, 0.3) is 0 Å². The summed E-state index contributed by atoms with van der Waals surface area (Å²) in [6.45, 7) is 7.71. The van der Waals surface area contributed by atoms with Crippen molar-refractivity contribution in [2.75, 3.05) is 26.7 Å². The molecule has 1 aliphatic carbocycles. The van der Waals surface area contributed by atoms with Crippen molar-refractivity contribution >= 4 is 12.0 Å². The summed E-state index contributed by atoms with van der Waals surface area (Å²) in [5, 5.41) is 2.86. The van der Waals surface area contributed by atoms with Gasteiger partial charge in [0, 0.05) is 26.1 Å². The molecule has 30 heavy (non-hydrogen) atoms. The van der Waals surface area contributed by atoms with E-state index in [0.29, 0.717) is 24.8 Å². The zero-order valence-electron chi connectivity index (χ0n) is 18.8. The van der Waals surface area contributed by atoms with E-state index in [1.165, 1.54) is 11.1 Å². The monoisotopic (exact) mass is 416 g/mol. The van der Waals surface area contributed by atoms with Crippen molar-refractivity contribution in [1.29, 1.82) is 0 Å². The number of alkyl carbamates (subject to hydrolysis) is 1. The van der Waals surface area contributed by atoms with E-state index < -0.39 is 5.60 Å². The summed E-state index contributed by atoms with van der Waals surface area (Å²) < 4.78 is 10.6. The number of nitrogens with zero attached hydrogens (tertiary/aromatic N) is 1. The van der Waals surface area contributed by atoms with E-state index >= 15 is 0 Å². The molecule has 1 N–H and O–H groups in total. The molecule has 1 heterocycles. The summed E-state index contributed by atoms with van der Waals surface area (Å²) in [5.41, 5.74) is 2.15. The summed E-state index contributed by atoms with van der Waals surface area (Å²) in [7, 11) is 1.69. The number of fused-ring (bicyclic) bond motifs is 1. The highest BCUT2D eigenvalue weighted by Crippen LogP contribution is 2.36. The number of carbonyl (C=O) groups is 2. The molecule has 0 bridgehead atoms. The number of rotatable bonds is 5. The van der Waals surface area contributed by atoms with E-state index in [1.807, 2.05) is 31.7 Å². The minimum Gasteiger partial charge on any atom is -0.497 e. The molecule has 1 atom stereocenters. The van der Waals surface area contributed by atoms with Crippen LogP contribution in [0.5, 0.6) is 5.75 Å². The van der Waals surface area contributed by atoms with Gasteiger partial charge in [-0.3, -0.25) is 4.79 Å². The van der Waals surface area contributed by atoms with Gasteiger partial charge in [-0.1, -0.05) is 6.07 Å².